The maximum atomic E-state index is 5.96. The number of rotatable bonds is 5. The first-order valence-electron chi connectivity index (χ1n) is 8.03. The van der Waals surface area contributed by atoms with Crippen molar-refractivity contribution in [3.05, 3.63) is 35.9 Å². The van der Waals surface area contributed by atoms with Gasteiger partial charge in [0.1, 0.15) is 0 Å². The number of hydrogen-bond acceptors (Lipinski definition) is 3. The zero-order valence-corrected chi connectivity index (χ0v) is 12.4. The van der Waals surface area contributed by atoms with Gasteiger partial charge in [-0.2, -0.15) is 0 Å². The highest BCUT2D eigenvalue weighted by atomic mass is 16.5. The fourth-order valence-electron chi connectivity index (χ4n) is 3.73. The highest BCUT2D eigenvalue weighted by Crippen LogP contribution is 2.35. The zero-order chi connectivity index (χ0) is 13.8. The molecule has 3 nitrogen and oxygen atoms in total. The molecule has 1 saturated carbocycles. The number of fused-ring (bicyclic) bond motifs is 1. The molecule has 3 unspecified atom stereocenters. The van der Waals surface area contributed by atoms with E-state index in [2.05, 4.69) is 47.5 Å². The summed E-state index contributed by atoms with van der Waals surface area (Å²) in [4.78, 5) is 2.69. The maximum Gasteiger partial charge on any atom is 0.0731 e. The minimum absolute atomic E-state index is 0.469. The van der Waals surface area contributed by atoms with E-state index in [-0.39, 0.29) is 0 Å². The van der Waals surface area contributed by atoms with E-state index in [1.807, 2.05) is 0 Å². The molecule has 0 amide bonds. The summed E-state index contributed by atoms with van der Waals surface area (Å²) >= 11 is 0. The summed E-state index contributed by atoms with van der Waals surface area (Å²) in [5, 5.41) is 3.54. The van der Waals surface area contributed by atoms with Crippen molar-refractivity contribution >= 4 is 0 Å². The number of nitrogens with one attached hydrogen (secondary N) is 1. The van der Waals surface area contributed by atoms with Crippen LogP contribution >= 0.6 is 0 Å². The van der Waals surface area contributed by atoms with Gasteiger partial charge in [0.25, 0.3) is 0 Å². The lowest BCUT2D eigenvalue weighted by Gasteiger charge is -2.43. The first-order valence-corrected chi connectivity index (χ1v) is 8.03. The van der Waals surface area contributed by atoms with Gasteiger partial charge in [0.05, 0.1) is 12.7 Å². The van der Waals surface area contributed by atoms with Gasteiger partial charge < -0.3 is 10.1 Å². The summed E-state index contributed by atoms with van der Waals surface area (Å²) in [6, 6.07) is 12.0. The van der Waals surface area contributed by atoms with Crippen LogP contribution in [0.5, 0.6) is 0 Å². The summed E-state index contributed by atoms with van der Waals surface area (Å²) in [6.07, 6.45) is 4.31. The highest BCUT2D eigenvalue weighted by molar-refractivity contribution is 5.20. The molecule has 1 aromatic carbocycles. The van der Waals surface area contributed by atoms with Gasteiger partial charge in [0.2, 0.25) is 0 Å². The van der Waals surface area contributed by atoms with E-state index in [1.54, 1.807) is 0 Å². The van der Waals surface area contributed by atoms with Crippen molar-refractivity contribution in [1.29, 1.82) is 0 Å². The van der Waals surface area contributed by atoms with Crippen molar-refractivity contribution in [1.82, 2.24) is 10.2 Å². The third-order valence-electron chi connectivity index (χ3n) is 4.70. The number of nitrogens with zero attached hydrogens (tertiary/aromatic N) is 1. The standard InChI is InChI=1S/C17H26N2O/c1-2-18-13-16(14-7-4-3-5-8-14)19-11-12-20-17-10-6-9-15(17)19/h3-5,7-8,15-18H,2,6,9-13H2,1H3. The zero-order valence-electron chi connectivity index (χ0n) is 12.4. The Morgan fingerprint density at radius 3 is 2.95 bits per heavy atom. The van der Waals surface area contributed by atoms with Gasteiger partial charge in [-0.05, 0) is 31.4 Å². The summed E-state index contributed by atoms with van der Waals surface area (Å²) in [6.45, 7) is 6.19. The molecule has 1 saturated heterocycles. The Hall–Kier alpha value is -0.900. The molecule has 2 aliphatic rings. The van der Waals surface area contributed by atoms with Gasteiger partial charge >= 0.3 is 0 Å². The Morgan fingerprint density at radius 2 is 2.15 bits per heavy atom. The average molecular weight is 274 g/mol. The molecule has 3 rings (SSSR count). The molecule has 0 spiro atoms. The summed E-state index contributed by atoms with van der Waals surface area (Å²) < 4.78 is 5.96. The van der Waals surface area contributed by atoms with Crippen molar-refractivity contribution in [3.8, 4) is 0 Å². The molecule has 3 heteroatoms. The van der Waals surface area contributed by atoms with E-state index in [4.69, 9.17) is 4.74 Å². The monoisotopic (exact) mass is 274 g/mol. The minimum Gasteiger partial charge on any atom is -0.375 e. The fourth-order valence-corrected chi connectivity index (χ4v) is 3.73. The molecule has 110 valence electrons. The summed E-state index contributed by atoms with van der Waals surface area (Å²) in [5.74, 6) is 0. The molecular weight excluding hydrogens is 248 g/mol. The van der Waals surface area contributed by atoms with Crippen molar-refractivity contribution in [2.24, 2.45) is 0 Å². The second kappa shape index (κ2) is 6.70. The van der Waals surface area contributed by atoms with Crippen LogP contribution in [0, 0.1) is 0 Å². The largest absolute Gasteiger partial charge is 0.375 e. The van der Waals surface area contributed by atoms with Crippen molar-refractivity contribution in [2.45, 2.75) is 44.4 Å². The molecule has 0 radical (unpaired) electrons. The van der Waals surface area contributed by atoms with Gasteiger partial charge in [-0.3, -0.25) is 4.90 Å². The van der Waals surface area contributed by atoms with Crippen molar-refractivity contribution in [3.63, 3.8) is 0 Å². The Kier molecular flexibility index (Phi) is 4.71. The van der Waals surface area contributed by atoms with E-state index in [1.165, 1.54) is 24.8 Å². The summed E-state index contributed by atoms with van der Waals surface area (Å²) in [5.41, 5.74) is 1.43. The Morgan fingerprint density at radius 1 is 1.30 bits per heavy atom. The molecular formula is C17H26N2O. The van der Waals surface area contributed by atoms with Crippen LogP contribution in [0.25, 0.3) is 0 Å². The third-order valence-corrected chi connectivity index (χ3v) is 4.70. The molecule has 1 aliphatic heterocycles. The van der Waals surface area contributed by atoms with Crippen LogP contribution in [0.15, 0.2) is 30.3 Å². The smallest absolute Gasteiger partial charge is 0.0731 e. The molecule has 0 aromatic heterocycles. The molecule has 1 aliphatic carbocycles. The molecule has 1 heterocycles. The average Bonchev–Trinajstić information content (AvgIpc) is 2.98. The highest BCUT2D eigenvalue weighted by Gasteiger charge is 2.39. The predicted octanol–water partition coefficient (Wildman–Crippen LogP) is 2.59. The van der Waals surface area contributed by atoms with E-state index in [0.717, 1.165) is 26.2 Å². The summed E-state index contributed by atoms with van der Waals surface area (Å²) in [7, 11) is 0. The number of benzene rings is 1. The molecule has 20 heavy (non-hydrogen) atoms. The predicted molar refractivity (Wildman–Crippen MR) is 81.8 cm³/mol. The lowest BCUT2D eigenvalue weighted by atomic mass is 10.0. The Bertz CT molecular complexity index is 409. The molecule has 1 N–H and O–H groups in total. The third kappa shape index (κ3) is 2.90. The van der Waals surface area contributed by atoms with Gasteiger partial charge in [-0.15, -0.1) is 0 Å². The van der Waals surface area contributed by atoms with Gasteiger partial charge in [-0.1, -0.05) is 37.3 Å². The lowest BCUT2D eigenvalue weighted by molar-refractivity contribution is -0.0721. The van der Waals surface area contributed by atoms with Gasteiger partial charge in [0, 0.05) is 25.2 Å². The minimum atomic E-state index is 0.469. The molecule has 3 atom stereocenters. The van der Waals surface area contributed by atoms with Crippen LogP contribution in [0.1, 0.15) is 37.8 Å². The van der Waals surface area contributed by atoms with Gasteiger partial charge in [0.15, 0.2) is 0 Å². The topological polar surface area (TPSA) is 24.5 Å². The first kappa shape index (κ1) is 14.1. The fraction of sp³-hybridized carbons (Fsp3) is 0.647. The van der Waals surface area contributed by atoms with E-state index < -0.39 is 0 Å². The lowest BCUT2D eigenvalue weighted by Crippen LogP contribution is -2.51. The van der Waals surface area contributed by atoms with Crippen LogP contribution in [0.2, 0.25) is 0 Å². The van der Waals surface area contributed by atoms with Crippen molar-refractivity contribution < 1.29 is 4.74 Å². The van der Waals surface area contributed by atoms with E-state index in [9.17, 15) is 0 Å². The Labute approximate surface area is 122 Å². The van der Waals surface area contributed by atoms with Crippen LogP contribution in [0.3, 0.4) is 0 Å². The second-order valence-corrected chi connectivity index (χ2v) is 5.88. The van der Waals surface area contributed by atoms with Gasteiger partial charge in [-0.25, -0.2) is 0 Å². The number of ether oxygens (including phenoxy) is 1. The quantitative estimate of drug-likeness (QED) is 0.893. The first-order chi connectivity index (χ1) is 9.90. The Balaban J connectivity index is 1.80. The van der Waals surface area contributed by atoms with E-state index in [0.29, 0.717) is 18.2 Å². The molecule has 1 aromatic rings. The second-order valence-electron chi connectivity index (χ2n) is 5.88. The normalized spacial score (nSPS) is 28.2. The maximum absolute atomic E-state index is 5.96. The van der Waals surface area contributed by atoms with Crippen LogP contribution in [-0.2, 0) is 4.74 Å². The number of likely N-dealkylation sites (N-methyl/N-ethyl adjacent to an activating group) is 1. The van der Waals surface area contributed by atoms with Crippen molar-refractivity contribution in [2.75, 3.05) is 26.2 Å². The molecule has 0 bridgehead atoms. The SMILES string of the molecule is CCNCC(c1ccccc1)N1CCOC2CCCC21. The van der Waals surface area contributed by atoms with Crippen LogP contribution < -0.4 is 5.32 Å². The molecule has 2 fully saturated rings. The number of hydrogen-bond donors (Lipinski definition) is 1. The van der Waals surface area contributed by atoms with E-state index >= 15 is 0 Å². The van der Waals surface area contributed by atoms with Crippen LogP contribution in [0.4, 0.5) is 0 Å². The number of morpholine rings is 1. The van der Waals surface area contributed by atoms with Crippen LogP contribution in [-0.4, -0.2) is 43.3 Å².